The van der Waals surface area contributed by atoms with E-state index in [-0.39, 0.29) is 12.1 Å². The molecule has 1 rings (SSSR count). The number of nitrogens with one attached hydrogen (secondary N) is 1. The van der Waals surface area contributed by atoms with Gasteiger partial charge in [-0.2, -0.15) is 0 Å². The van der Waals surface area contributed by atoms with Crippen molar-refractivity contribution in [1.29, 1.82) is 0 Å². The van der Waals surface area contributed by atoms with E-state index in [9.17, 15) is 0 Å². The van der Waals surface area contributed by atoms with Crippen molar-refractivity contribution in [3.05, 3.63) is 29.8 Å². The summed E-state index contributed by atoms with van der Waals surface area (Å²) in [4.78, 5) is 0. The Labute approximate surface area is 104 Å². The van der Waals surface area contributed by atoms with Crippen LogP contribution in [-0.4, -0.2) is 13.2 Å². The SMILES string of the molecule is C#CC(CCC)NC(C)c1ccccc1OC. The molecule has 0 radical (unpaired) electrons. The minimum atomic E-state index is 0.125. The van der Waals surface area contributed by atoms with E-state index < -0.39 is 0 Å². The van der Waals surface area contributed by atoms with Gasteiger partial charge in [0.15, 0.2) is 0 Å². The Kier molecular flexibility index (Phi) is 5.59. The highest BCUT2D eigenvalue weighted by molar-refractivity contribution is 5.35. The molecule has 0 aliphatic carbocycles. The summed E-state index contributed by atoms with van der Waals surface area (Å²) in [5.41, 5.74) is 1.14. The van der Waals surface area contributed by atoms with Crippen molar-refractivity contribution in [2.75, 3.05) is 7.11 Å². The molecule has 92 valence electrons. The Morgan fingerprint density at radius 2 is 2.12 bits per heavy atom. The molecule has 2 heteroatoms. The Morgan fingerprint density at radius 3 is 2.71 bits per heavy atom. The quantitative estimate of drug-likeness (QED) is 0.759. The van der Waals surface area contributed by atoms with Crippen molar-refractivity contribution >= 4 is 0 Å². The topological polar surface area (TPSA) is 21.3 Å². The number of para-hydroxylation sites is 1. The highest BCUT2D eigenvalue weighted by atomic mass is 16.5. The van der Waals surface area contributed by atoms with Crippen molar-refractivity contribution in [3.63, 3.8) is 0 Å². The molecule has 0 aliphatic rings. The first kappa shape index (κ1) is 13.6. The lowest BCUT2D eigenvalue weighted by atomic mass is 10.0. The third kappa shape index (κ3) is 3.80. The molecule has 1 aromatic carbocycles. The van der Waals surface area contributed by atoms with E-state index in [4.69, 9.17) is 11.2 Å². The minimum absolute atomic E-state index is 0.125. The molecule has 0 aromatic heterocycles. The number of hydrogen-bond donors (Lipinski definition) is 1. The molecule has 0 spiro atoms. The van der Waals surface area contributed by atoms with E-state index in [1.165, 1.54) is 0 Å². The number of methoxy groups -OCH3 is 1. The van der Waals surface area contributed by atoms with Crippen LogP contribution in [0.5, 0.6) is 5.75 Å². The molecular formula is C15H21NO. The normalized spacial score (nSPS) is 13.8. The fraction of sp³-hybridized carbons (Fsp3) is 0.467. The lowest BCUT2D eigenvalue weighted by Gasteiger charge is -2.21. The van der Waals surface area contributed by atoms with Crippen LogP contribution in [0, 0.1) is 12.3 Å². The van der Waals surface area contributed by atoms with Gasteiger partial charge in [-0.1, -0.05) is 37.5 Å². The van der Waals surface area contributed by atoms with E-state index >= 15 is 0 Å². The number of terminal acetylenes is 1. The van der Waals surface area contributed by atoms with Crippen LogP contribution in [0.25, 0.3) is 0 Å². The second-order valence-corrected chi connectivity index (χ2v) is 4.14. The fourth-order valence-corrected chi connectivity index (χ4v) is 1.92. The second kappa shape index (κ2) is 6.98. The van der Waals surface area contributed by atoms with Crippen molar-refractivity contribution < 1.29 is 4.74 Å². The van der Waals surface area contributed by atoms with Crippen LogP contribution in [-0.2, 0) is 0 Å². The molecule has 0 fully saturated rings. The van der Waals surface area contributed by atoms with Crippen molar-refractivity contribution in [2.45, 2.75) is 38.8 Å². The van der Waals surface area contributed by atoms with E-state index in [0.29, 0.717) is 0 Å². The molecule has 0 saturated heterocycles. The monoisotopic (exact) mass is 231 g/mol. The Bertz CT molecular complexity index is 381. The van der Waals surface area contributed by atoms with Crippen LogP contribution in [0.3, 0.4) is 0 Å². The molecule has 0 saturated carbocycles. The zero-order valence-corrected chi connectivity index (χ0v) is 10.9. The summed E-state index contributed by atoms with van der Waals surface area (Å²) in [6, 6.07) is 8.34. The highest BCUT2D eigenvalue weighted by Crippen LogP contribution is 2.24. The van der Waals surface area contributed by atoms with E-state index in [2.05, 4.69) is 31.2 Å². The highest BCUT2D eigenvalue weighted by Gasteiger charge is 2.13. The van der Waals surface area contributed by atoms with Crippen LogP contribution in [0.4, 0.5) is 0 Å². The third-order valence-electron chi connectivity index (χ3n) is 2.84. The van der Waals surface area contributed by atoms with Gasteiger partial charge in [0.2, 0.25) is 0 Å². The summed E-state index contributed by atoms with van der Waals surface area (Å²) >= 11 is 0. The van der Waals surface area contributed by atoms with Crippen molar-refractivity contribution in [1.82, 2.24) is 5.32 Å². The summed E-state index contributed by atoms with van der Waals surface area (Å²) < 4.78 is 5.35. The predicted octanol–water partition coefficient (Wildman–Crippen LogP) is 3.15. The summed E-state index contributed by atoms with van der Waals surface area (Å²) in [5, 5.41) is 3.44. The van der Waals surface area contributed by atoms with Crippen LogP contribution < -0.4 is 10.1 Å². The van der Waals surface area contributed by atoms with Gasteiger partial charge in [-0.25, -0.2) is 0 Å². The third-order valence-corrected chi connectivity index (χ3v) is 2.84. The van der Waals surface area contributed by atoms with E-state index in [0.717, 1.165) is 24.2 Å². The van der Waals surface area contributed by atoms with E-state index in [1.54, 1.807) is 7.11 Å². The number of rotatable bonds is 6. The maximum absolute atomic E-state index is 5.51. The molecule has 0 aliphatic heterocycles. The average Bonchev–Trinajstić information content (AvgIpc) is 2.38. The van der Waals surface area contributed by atoms with Crippen LogP contribution in [0.2, 0.25) is 0 Å². The summed E-state index contributed by atoms with van der Waals surface area (Å²) in [5.74, 6) is 3.69. The van der Waals surface area contributed by atoms with Gasteiger partial charge in [0.25, 0.3) is 0 Å². The zero-order chi connectivity index (χ0) is 12.7. The Balaban J connectivity index is 2.75. The zero-order valence-electron chi connectivity index (χ0n) is 10.9. The van der Waals surface area contributed by atoms with Gasteiger partial charge in [-0.3, -0.25) is 5.32 Å². The maximum Gasteiger partial charge on any atom is 0.123 e. The maximum atomic E-state index is 5.51. The number of benzene rings is 1. The lowest BCUT2D eigenvalue weighted by molar-refractivity contribution is 0.397. The summed E-state index contributed by atoms with van der Waals surface area (Å²) in [6.07, 6.45) is 7.59. The standard InChI is InChI=1S/C15H21NO/c1-5-9-13(6-2)16-12(3)14-10-7-8-11-15(14)17-4/h2,7-8,10-13,16H,5,9H2,1,3-4H3. The Hall–Kier alpha value is -1.46. The van der Waals surface area contributed by atoms with E-state index in [1.807, 2.05) is 18.2 Å². The Morgan fingerprint density at radius 1 is 1.41 bits per heavy atom. The predicted molar refractivity (Wildman–Crippen MR) is 72.1 cm³/mol. The van der Waals surface area contributed by atoms with Gasteiger partial charge in [0.1, 0.15) is 5.75 Å². The summed E-state index contributed by atoms with van der Waals surface area (Å²) in [6.45, 7) is 4.25. The number of ether oxygens (including phenoxy) is 1. The molecule has 0 amide bonds. The molecular weight excluding hydrogens is 210 g/mol. The van der Waals surface area contributed by atoms with Crippen molar-refractivity contribution in [3.8, 4) is 18.1 Å². The molecule has 1 N–H and O–H groups in total. The smallest absolute Gasteiger partial charge is 0.123 e. The first-order valence-corrected chi connectivity index (χ1v) is 6.08. The second-order valence-electron chi connectivity index (χ2n) is 4.14. The molecule has 2 nitrogen and oxygen atoms in total. The molecule has 0 heterocycles. The lowest BCUT2D eigenvalue weighted by Crippen LogP contribution is -2.30. The first-order chi connectivity index (χ1) is 8.22. The molecule has 2 atom stereocenters. The van der Waals surface area contributed by atoms with Gasteiger partial charge in [0.05, 0.1) is 13.2 Å². The van der Waals surface area contributed by atoms with Gasteiger partial charge >= 0.3 is 0 Å². The van der Waals surface area contributed by atoms with Crippen LogP contribution in [0.15, 0.2) is 24.3 Å². The fourth-order valence-electron chi connectivity index (χ4n) is 1.92. The molecule has 2 unspecified atom stereocenters. The minimum Gasteiger partial charge on any atom is -0.496 e. The number of hydrogen-bond acceptors (Lipinski definition) is 2. The van der Waals surface area contributed by atoms with Crippen molar-refractivity contribution in [2.24, 2.45) is 0 Å². The van der Waals surface area contributed by atoms with Gasteiger partial charge in [-0.05, 0) is 19.4 Å². The van der Waals surface area contributed by atoms with Gasteiger partial charge < -0.3 is 4.74 Å². The van der Waals surface area contributed by atoms with Gasteiger partial charge in [-0.15, -0.1) is 6.42 Å². The van der Waals surface area contributed by atoms with Crippen LogP contribution >= 0.6 is 0 Å². The van der Waals surface area contributed by atoms with Gasteiger partial charge in [0, 0.05) is 11.6 Å². The molecule has 1 aromatic rings. The molecule has 0 bridgehead atoms. The van der Waals surface area contributed by atoms with Crippen LogP contribution in [0.1, 0.15) is 38.3 Å². The average molecular weight is 231 g/mol. The molecule has 17 heavy (non-hydrogen) atoms. The largest absolute Gasteiger partial charge is 0.496 e. The summed E-state index contributed by atoms with van der Waals surface area (Å²) in [7, 11) is 1.69. The first-order valence-electron chi connectivity index (χ1n) is 6.08.